The number of piperazine rings is 1. The lowest BCUT2D eigenvalue weighted by Gasteiger charge is -2.38. The number of hydrogen-bond donors (Lipinski definition) is 0. The summed E-state index contributed by atoms with van der Waals surface area (Å²) in [5.41, 5.74) is 1.79. The minimum atomic E-state index is -0.740. The minimum absolute atomic E-state index is 0.237. The van der Waals surface area contributed by atoms with Crippen molar-refractivity contribution < 1.29 is 19.2 Å². The lowest BCUT2D eigenvalue weighted by Crippen LogP contribution is -2.48. The van der Waals surface area contributed by atoms with Crippen molar-refractivity contribution in [1.82, 2.24) is 9.96 Å². The second-order valence-electron chi connectivity index (χ2n) is 7.49. The van der Waals surface area contributed by atoms with Gasteiger partial charge in [-0.05, 0) is 50.2 Å². The number of anilines is 1. The molecular weight excluding hydrogens is 370 g/mol. The molecule has 0 N–H and O–H groups in total. The van der Waals surface area contributed by atoms with Crippen LogP contribution in [0.2, 0.25) is 0 Å². The van der Waals surface area contributed by atoms with Crippen LogP contribution in [0.3, 0.4) is 0 Å². The normalized spacial score (nSPS) is 17.1. The Morgan fingerprint density at radius 1 is 0.862 bits per heavy atom. The van der Waals surface area contributed by atoms with Gasteiger partial charge >= 0.3 is 5.97 Å². The Balaban J connectivity index is 1.41. The highest BCUT2D eigenvalue weighted by Crippen LogP contribution is 2.24. The van der Waals surface area contributed by atoms with Gasteiger partial charge < -0.3 is 9.74 Å². The molecule has 0 aliphatic carbocycles. The van der Waals surface area contributed by atoms with Crippen molar-refractivity contribution in [2.75, 3.05) is 31.1 Å². The predicted molar refractivity (Wildman–Crippen MR) is 108 cm³/mol. The Kier molecular flexibility index (Phi) is 5.07. The lowest BCUT2D eigenvalue weighted by molar-refractivity contribution is -0.0584. The van der Waals surface area contributed by atoms with Crippen molar-refractivity contribution in [3.8, 4) is 0 Å². The maximum absolute atomic E-state index is 12.5. The molecule has 0 radical (unpaired) electrons. The summed E-state index contributed by atoms with van der Waals surface area (Å²) in [6.45, 7) is 8.26. The van der Waals surface area contributed by atoms with Gasteiger partial charge in [-0.1, -0.05) is 17.2 Å². The Hall–Kier alpha value is -3.19. The van der Waals surface area contributed by atoms with Crippen molar-refractivity contribution >= 4 is 23.5 Å². The van der Waals surface area contributed by atoms with Crippen LogP contribution in [-0.4, -0.2) is 60.0 Å². The fourth-order valence-corrected chi connectivity index (χ4v) is 3.69. The molecule has 150 valence electrons. The SMILES string of the molecule is CC(C)N1CCN(c2ccc(C(=O)ON3C(=O)c4ccccc4C3=O)cc2)CC1. The average molecular weight is 393 g/mol. The van der Waals surface area contributed by atoms with E-state index < -0.39 is 17.8 Å². The number of benzene rings is 2. The number of rotatable bonds is 4. The Labute approximate surface area is 169 Å². The quantitative estimate of drug-likeness (QED) is 0.744. The zero-order valence-corrected chi connectivity index (χ0v) is 16.5. The summed E-state index contributed by atoms with van der Waals surface area (Å²) in [6, 6.07) is 14.0. The molecule has 2 amide bonds. The van der Waals surface area contributed by atoms with Crippen molar-refractivity contribution in [2.45, 2.75) is 19.9 Å². The lowest BCUT2D eigenvalue weighted by atomic mass is 10.1. The molecule has 2 aliphatic heterocycles. The monoisotopic (exact) mass is 393 g/mol. The number of nitrogens with zero attached hydrogens (tertiary/aromatic N) is 3. The van der Waals surface area contributed by atoms with Crippen molar-refractivity contribution in [2.24, 2.45) is 0 Å². The molecule has 0 aromatic heterocycles. The van der Waals surface area contributed by atoms with E-state index in [4.69, 9.17) is 4.84 Å². The topological polar surface area (TPSA) is 70.2 Å². The van der Waals surface area contributed by atoms with Gasteiger partial charge in [0.1, 0.15) is 0 Å². The van der Waals surface area contributed by atoms with E-state index in [1.165, 1.54) is 12.1 Å². The molecule has 29 heavy (non-hydrogen) atoms. The third kappa shape index (κ3) is 3.61. The van der Waals surface area contributed by atoms with Gasteiger partial charge in [0.15, 0.2) is 0 Å². The number of amides is 2. The van der Waals surface area contributed by atoms with E-state index in [2.05, 4.69) is 23.6 Å². The number of fused-ring (bicyclic) bond motifs is 1. The van der Waals surface area contributed by atoms with Gasteiger partial charge in [0.05, 0.1) is 16.7 Å². The highest BCUT2D eigenvalue weighted by Gasteiger charge is 2.38. The molecule has 0 bridgehead atoms. The summed E-state index contributed by atoms with van der Waals surface area (Å²) in [6.07, 6.45) is 0. The maximum atomic E-state index is 12.5. The molecule has 4 rings (SSSR count). The van der Waals surface area contributed by atoms with E-state index >= 15 is 0 Å². The van der Waals surface area contributed by atoms with Crippen molar-refractivity contribution in [3.05, 3.63) is 65.2 Å². The smallest absolute Gasteiger partial charge is 0.363 e. The highest BCUT2D eigenvalue weighted by molar-refractivity contribution is 6.21. The zero-order chi connectivity index (χ0) is 20.5. The van der Waals surface area contributed by atoms with Crippen LogP contribution in [0.1, 0.15) is 44.9 Å². The fourth-order valence-electron chi connectivity index (χ4n) is 3.69. The van der Waals surface area contributed by atoms with Gasteiger partial charge in [0.2, 0.25) is 0 Å². The summed E-state index contributed by atoms with van der Waals surface area (Å²) < 4.78 is 0. The molecule has 2 aromatic carbocycles. The minimum Gasteiger partial charge on any atom is -0.369 e. The summed E-state index contributed by atoms with van der Waals surface area (Å²) in [5, 5.41) is 0.534. The van der Waals surface area contributed by atoms with Gasteiger partial charge in [-0.3, -0.25) is 14.5 Å². The van der Waals surface area contributed by atoms with E-state index in [1.54, 1.807) is 24.3 Å². The average Bonchev–Trinajstić information content (AvgIpc) is 2.99. The third-order valence-corrected chi connectivity index (χ3v) is 5.44. The predicted octanol–water partition coefficient (Wildman–Crippen LogP) is 2.59. The first kappa shape index (κ1) is 19.1. The van der Waals surface area contributed by atoms with E-state index in [0.717, 1.165) is 31.9 Å². The summed E-state index contributed by atoms with van der Waals surface area (Å²) in [7, 11) is 0. The van der Waals surface area contributed by atoms with Crippen LogP contribution in [-0.2, 0) is 4.84 Å². The van der Waals surface area contributed by atoms with Gasteiger partial charge in [0, 0.05) is 37.9 Å². The van der Waals surface area contributed by atoms with Crippen molar-refractivity contribution in [1.29, 1.82) is 0 Å². The molecule has 0 atom stereocenters. The van der Waals surface area contributed by atoms with Crippen LogP contribution in [0.25, 0.3) is 0 Å². The van der Waals surface area contributed by atoms with E-state index in [1.807, 2.05) is 12.1 Å². The van der Waals surface area contributed by atoms with Crippen LogP contribution in [0, 0.1) is 0 Å². The van der Waals surface area contributed by atoms with Crippen LogP contribution in [0.5, 0.6) is 0 Å². The second-order valence-corrected chi connectivity index (χ2v) is 7.49. The van der Waals surface area contributed by atoms with E-state index in [-0.39, 0.29) is 16.7 Å². The molecule has 1 saturated heterocycles. The number of imide groups is 1. The number of hydrogen-bond acceptors (Lipinski definition) is 6. The van der Waals surface area contributed by atoms with Crippen molar-refractivity contribution in [3.63, 3.8) is 0 Å². The van der Waals surface area contributed by atoms with E-state index in [9.17, 15) is 14.4 Å². The van der Waals surface area contributed by atoms with Gasteiger partial charge in [-0.15, -0.1) is 0 Å². The largest absolute Gasteiger partial charge is 0.369 e. The Bertz CT molecular complexity index is 912. The Morgan fingerprint density at radius 3 is 1.93 bits per heavy atom. The number of carbonyl (C=O) groups excluding carboxylic acids is 3. The molecule has 0 unspecified atom stereocenters. The van der Waals surface area contributed by atoms with Crippen LogP contribution >= 0.6 is 0 Å². The Morgan fingerprint density at radius 2 is 1.41 bits per heavy atom. The molecule has 2 aromatic rings. The number of hydroxylamine groups is 2. The first-order chi connectivity index (χ1) is 14.0. The van der Waals surface area contributed by atoms with E-state index in [0.29, 0.717) is 11.1 Å². The molecule has 7 nitrogen and oxygen atoms in total. The van der Waals surface area contributed by atoms with Gasteiger partial charge in [-0.2, -0.15) is 0 Å². The molecular formula is C22H23N3O4. The molecule has 7 heteroatoms. The molecule has 2 heterocycles. The zero-order valence-electron chi connectivity index (χ0n) is 16.5. The maximum Gasteiger partial charge on any atom is 0.363 e. The molecule has 1 fully saturated rings. The molecule has 0 spiro atoms. The van der Waals surface area contributed by atoms with Crippen LogP contribution < -0.4 is 4.90 Å². The summed E-state index contributed by atoms with van der Waals surface area (Å²) >= 11 is 0. The van der Waals surface area contributed by atoms with Crippen LogP contribution in [0.4, 0.5) is 5.69 Å². The van der Waals surface area contributed by atoms with Crippen LogP contribution in [0.15, 0.2) is 48.5 Å². The molecule has 0 saturated carbocycles. The summed E-state index contributed by atoms with van der Waals surface area (Å²) in [5.74, 6) is -1.99. The first-order valence-electron chi connectivity index (χ1n) is 9.75. The highest BCUT2D eigenvalue weighted by atomic mass is 16.7. The summed E-state index contributed by atoms with van der Waals surface area (Å²) in [4.78, 5) is 46.9. The van der Waals surface area contributed by atoms with Gasteiger partial charge in [-0.25, -0.2) is 4.79 Å². The fraction of sp³-hybridized carbons (Fsp3) is 0.318. The standard InChI is InChI=1S/C22H23N3O4/c1-15(2)23-11-13-24(14-12-23)17-9-7-16(8-10-17)22(28)29-25-20(26)18-5-3-4-6-19(18)21(25)27/h3-10,15H,11-14H2,1-2H3. The second kappa shape index (κ2) is 7.67. The third-order valence-electron chi connectivity index (χ3n) is 5.44. The van der Waals surface area contributed by atoms with Gasteiger partial charge in [0.25, 0.3) is 11.8 Å². The number of carbonyl (C=O) groups is 3. The first-order valence-corrected chi connectivity index (χ1v) is 9.75. The molecule has 2 aliphatic rings.